The summed E-state index contributed by atoms with van der Waals surface area (Å²) in [6.45, 7) is 2.28. The second-order valence-corrected chi connectivity index (χ2v) is 6.20. The normalized spacial score (nSPS) is 11.0. The van der Waals surface area contributed by atoms with Gasteiger partial charge in [-0.05, 0) is 12.8 Å². The molecule has 1 aromatic carbocycles. The van der Waals surface area contributed by atoms with Gasteiger partial charge >= 0.3 is 0 Å². The van der Waals surface area contributed by atoms with E-state index in [-0.39, 0.29) is 0 Å². The fourth-order valence-electron chi connectivity index (χ4n) is 2.85. The quantitative estimate of drug-likeness (QED) is 0.495. The fourth-order valence-corrected chi connectivity index (χ4v) is 2.85. The number of rotatable bonds is 11. The summed E-state index contributed by atoms with van der Waals surface area (Å²) < 4.78 is 0. The number of aromatic amines is 1. The lowest BCUT2D eigenvalue weighted by Crippen LogP contribution is -1.87. The second kappa shape index (κ2) is 10.2. The van der Waals surface area contributed by atoms with Gasteiger partial charge in [0.15, 0.2) is 0 Å². The zero-order valence-electron chi connectivity index (χ0n) is 14.0. The molecule has 0 atom stereocenters. The predicted octanol–water partition coefficient (Wildman–Crippen LogP) is 6.15. The van der Waals surface area contributed by atoms with Crippen LogP contribution in [0.3, 0.4) is 0 Å². The third-order valence-corrected chi connectivity index (χ3v) is 4.23. The second-order valence-electron chi connectivity index (χ2n) is 6.20. The molecule has 0 bridgehead atoms. The minimum atomic E-state index is 0.992. The highest BCUT2D eigenvalue weighted by Gasteiger charge is 2.02. The van der Waals surface area contributed by atoms with Gasteiger partial charge in [0.25, 0.3) is 0 Å². The molecule has 0 aliphatic carbocycles. The smallest absolute Gasteiger partial charge is 0.137 e. The van der Waals surface area contributed by atoms with Gasteiger partial charge in [0.05, 0.1) is 0 Å². The van der Waals surface area contributed by atoms with Crippen molar-refractivity contribution in [2.24, 2.45) is 0 Å². The van der Waals surface area contributed by atoms with Gasteiger partial charge in [0.2, 0.25) is 0 Å². The van der Waals surface area contributed by atoms with Crippen LogP contribution in [-0.2, 0) is 6.42 Å². The largest absolute Gasteiger partial charge is 0.342 e. The van der Waals surface area contributed by atoms with E-state index in [1.165, 1.54) is 69.0 Å². The predicted molar refractivity (Wildman–Crippen MR) is 95.0 cm³/mol. The molecular weight excluding hydrogens is 268 g/mol. The molecule has 0 fully saturated rings. The van der Waals surface area contributed by atoms with Crippen LogP contribution < -0.4 is 0 Å². The highest BCUT2D eigenvalue weighted by Crippen LogP contribution is 2.16. The summed E-state index contributed by atoms with van der Waals surface area (Å²) in [5, 5.41) is 0. The number of hydrogen-bond donors (Lipinski definition) is 1. The van der Waals surface area contributed by atoms with Crippen LogP contribution in [-0.4, -0.2) is 9.97 Å². The van der Waals surface area contributed by atoms with Gasteiger partial charge in [-0.15, -0.1) is 0 Å². The van der Waals surface area contributed by atoms with Crippen molar-refractivity contribution in [1.29, 1.82) is 0 Å². The van der Waals surface area contributed by atoms with E-state index in [4.69, 9.17) is 0 Å². The van der Waals surface area contributed by atoms with Crippen molar-refractivity contribution in [2.45, 2.75) is 71.1 Å². The number of nitrogens with zero attached hydrogens (tertiary/aromatic N) is 1. The molecule has 0 aliphatic rings. The molecule has 2 aromatic rings. The minimum absolute atomic E-state index is 0.992. The summed E-state index contributed by atoms with van der Waals surface area (Å²) in [6.07, 6.45) is 15.5. The maximum Gasteiger partial charge on any atom is 0.137 e. The summed E-state index contributed by atoms with van der Waals surface area (Å²) in [4.78, 5) is 7.93. The lowest BCUT2D eigenvalue weighted by Gasteiger charge is -2.01. The molecule has 22 heavy (non-hydrogen) atoms. The Morgan fingerprint density at radius 1 is 0.818 bits per heavy atom. The average molecular weight is 298 g/mol. The fraction of sp³-hybridized carbons (Fsp3) is 0.550. The molecule has 0 aliphatic heterocycles. The van der Waals surface area contributed by atoms with Gasteiger partial charge < -0.3 is 4.98 Å². The summed E-state index contributed by atoms with van der Waals surface area (Å²) in [5.41, 5.74) is 2.43. The van der Waals surface area contributed by atoms with Crippen LogP contribution in [0.4, 0.5) is 0 Å². The summed E-state index contributed by atoms with van der Waals surface area (Å²) in [5.74, 6) is 0.992. The van der Waals surface area contributed by atoms with Crippen molar-refractivity contribution < 1.29 is 0 Å². The number of nitrogens with one attached hydrogen (secondary N) is 1. The molecule has 2 rings (SSSR count). The van der Waals surface area contributed by atoms with Gasteiger partial charge in [-0.3, -0.25) is 0 Å². The minimum Gasteiger partial charge on any atom is -0.342 e. The molecule has 0 saturated heterocycles. The number of benzene rings is 1. The molecule has 0 unspecified atom stereocenters. The number of unbranched alkanes of at least 4 members (excludes halogenated alkanes) is 8. The molecule has 120 valence electrons. The Kier molecular flexibility index (Phi) is 7.79. The van der Waals surface area contributed by atoms with Crippen LogP contribution in [0.15, 0.2) is 36.5 Å². The third kappa shape index (κ3) is 6.05. The Balaban J connectivity index is 1.57. The molecule has 0 spiro atoms. The van der Waals surface area contributed by atoms with Crippen molar-refractivity contribution in [3.8, 4) is 11.4 Å². The lowest BCUT2D eigenvalue weighted by atomic mass is 10.1. The van der Waals surface area contributed by atoms with E-state index in [9.17, 15) is 0 Å². The Morgan fingerprint density at radius 2 is 1.45 bits per heavy atom. The molecule has 2 nitrogen and oxygen atoms in total. The maximum absolute atomic E-state index is 4.49. The molecule has 1 heterocycles. The first-order valence-corrected chi connectivity index (χ1v) is 8.99. The lowest BCUT2D eigenvalue weighted by molar-refractivity contribution is 0.564. The van der Waals surface area contributed by atoms with Gasteiger partial charge in [-0.2, -0.15) is 0 Å². The molecule has 1 N–H and O–H groups in total. The topological polar surface area (TPSA) is 28.7 Å². The SMILES string of the molecule is CCCCCCCCCCCc1cnc(-c2ccccc2)[nH]1. The summed E-state index contributed by atoms with van der Waals surface area (Å²) in [6, 6.07) is 10.3. The molecular formula is C20H30N2. The number of imidazole rings is 1. The monoisotopic (exact) mass is 298 g/mol. The van der Waals surface area contributed by atoms with Gasteiger partial charge in [0.1, 0.15) is 5.82 Å². The van der Waals surface area contributed by atoms with Crippen LogP contribution >= 0.6 is 0 Å². The molecule has 2 heteroatoms. The standard InChI is InChI=1S/C20H30N2/c1-2-3-4-5-6-7-8-9-13-16-19-17-21-20(22-19)18-14-11-10-12-15-18/h10-12,14-15,17H,2-9,13,16H2,1H3,(H,21,22). The zero-order chi connectivity index (χ0) is 15.5. The zero-order valence-corrected chi connectivity index (χ0v) is 14.0. The first-order valence-electron chi connectivity index (χ1n) is 8.99. The first kappa shape index (κ1) is 16.8. The van der Waals surface area contributed by atoms with Gasteiger partial charge in [0, 0.05) is 17.5 Å². The van der Waals surface area contributed by atoms with E-state index >= 15 is 0 Å². The highest BCUT2D eigenvalue weighted by molar-refractivity contribution is 5.54. The van der Waals surface area contributed by atoms with Crippen molar-refractivity contribution in [3.63, 3.8) is 0 Å². The van der Waals surface area contributed by atoms with Crippen molar-refractivity contribution in [2.75, 3.05) is 0 Å². The van der Waals surface area contributed by atoms with Crippen molar-refractivity contribution in [3.05, 3.63) is 42.2 Å². The van der Waals surface area contributed by atoms with Gasteiger partial charge in [-0.25, -0.2) is 4.98 Å². The third-order valence-electron chi connectivity index (χ3n) is 4.23. The Labute approximate surface area is 135 Å². The number of hydrogen-bond acceptors (Lipinski definition) is 1. The number of aryl methyl sites for hydroxylation is 1. The van der Waals surface area contributed by atoms with E-state index in [2.05, 4.69) is 41.2 Å². The van der Waals surface area contributed by atoms with E-state index in [0.717, 1.165) is 12.2 Å². The van der Waals surface area contributed by atoms with E-state index in [1.807, 2.05) is 12.3 Å². The number of aromatic nitrogens is 2. The first-order chi connectivity index (χ1) is 10.9. The highest BCUT2D eigenvalue weighted by atomic mass is 14.9. The van der Waals surface area contributed by atoms with Gasteiger partial charge in [-0.1, -0.05) is 88.6 Å². The van der Waals surface area contributed by atoms with Crippen LogP contribution in [0, 0.1) is 0 Å². The van der Waals surface area contributed by atoms with Crippen LogP contribution in [0.2, 0.25) is 0 Å². The van der Waals surface area contributed by atoms with Crippen LogP contribution in [0.5, 0.6) is 0 Å². The molecule has 1 aromatic heterocycles. The van der Waals surface area contributed by atoms with E-state index < -0.39 is 0 Å². The van der Waals surface area contributed by atoms with E-state index in [0.29, 0.717) is 0 Å². The number of H-pyrrole nitrogens is 1. The van der Waals surface area contributed by atoms with Crippen molar-refractivity contribution >= 4 is 0 Å². The van der Waals surface area contributed by atoms with Crippen LogP contribution in [0.25, 0.3) is 11.4 Å². The van der Waals surface area contributed by atoms with E-state index in [1.54, 1.807) is 0 Å². The molecule has 0 amide bonds. The Hall–Kier alpha value is -1.57. The molecule has 0 saturated carbocycles. The van der Waals surface area contributed by atoms with Crippen LogP contribution in [0.1, 0.15) is 70.4 Å². The van der Waals surface area contributed by atoms with Crippen molar-refractivity contribution in [1.82, 2.24) is 9.97 Å². The molecule has 0 radical (unpaired) electrons. The Morgan fingerprint density at radius 3 is 2.14 bits per heavy atom. The summed E-state index contributed by atoms with van der Waals surface area (Å²) in [7, 11) is 0. The average Bonchev–Trinajstić information content (AvgIpc) is 3.03. The Bertz CT molecular complexity index is 501. The maximum atomic E-state index is 4.49. The summed E-state index contributed by atoms with van der Waals surface area (Å²) >= 11 is 0.